The standard InChI is InChI=1S/C17H12O4S/c18-16(19)10-21-12-7-5-11(6-8-12)9-15-17(20)13-3-1-2-4-14(13)22-15/h1-9H,10H2,(H,18,19)/b15-9-. The molecule has 0 saturated heterocycles. The van der Waals surface area contributed by atoms with E-state index in [0.29, 0.717) is 10.7 Å². The molecule has 2 aromatic carbocycles. The van der Waals surface area contributed by atoms with Gasteiger partial charge in [0.05, 0.1) is 4.91 Å². The molecular weight excluding hydrogens is 300 g/mol. The summed E-state index contributed by atoms with van der Waals surface area (Å²) in [6.07, 6.45) is 1.83. The number of carbonyl (C=O) groups is 2. The lowest BCUT2D eigenvalue weighted by molar-refractivity contribution is -0.139. The lowest BCUT2D eigenvalue weighted by atomic mass is 10.1. The normalized spacial score (nSPS) is 14.9. The van der Waals surface area contributed by atoms with Crippen LogP contribution in [0.1, 0.15) is 15.9 Å². The molecule has 0 spiro atoms. The van der Waals surface area contributed by atoms with E-state index in [1.807, 2.05) is 30.3 Å². The molecule has 2 aromatic rings. The first-order valence-corrected chi connectivity index (χ1v) is 7.43. The zero-order valence-electron chi connectivity index (χ0n) is 11.5. The van der Waals surface area contributed by atoms with Gasteiger partial charge >= 0.3 is 5.97 Å². The first-order chi connectivity index (χ1) is 10.6. The summed E-state index contributed by atoms with van der Waals surface area (Å²) in [5.41, 5.74) is 1.60. The Labute approximate surface area is 131 Å². The van der Waals surface area contributed by atoms with E-state index in [-0.39, 0.29) is 12.4 Å². The fourth-order valence-electron chi connectivity index (χ4n) is 2.09. The maximum Gasteiger partial charge on any atom is 0.341 e. The molecule has 1 aliphatic rings. The minimum absolute atomic E-state index is 0.0341. The second-order valence-corrected chi connectivity index (χ2v) is 5.77. The SMILES string of the molecule is O=C(O)COc1ccc(/C=C2\Sc3ccccc3C2=O)cc1. The van der Waals surface area contributed by atoms with E-state index in [1.165, 1.54) is 11.8 Å². The Kier molecular flexibility index (Phi) is 3.98. The first-order valence-electron chi connectivity index (χ1n) is 6.61. The van der Waals surface area contributed by atoms with Gasteiger partial charge in [-0.25, -0.2) is 4.79 Å². The van der Waals surface area contributed by atoms with Crippen LogP contribution in [0.2, 0.25) is 0 Å². The summed E-state index contributed by atoms with van der Waals surface area (Å²) in [6, 6.07) is 14.5. The first kappa shape index (κ1) is 14.4. The Morgan fingerprint density at radius 3 is 2.55 bits per heavy atom. The molecule has 0 unspecified atom stereocenters. The van der Waals surface area contributed by atoms with Gasteiger partial charge in [-0.15, -0.1) is 0 Å². The summed E-state index contributed by atoms with van der Waals surface area (Å²) in [4.78, 5) is 24.4. The molecule has 0 bridgehead atoms. The molecular formula is C17H12O4S. The van der Waals surface area contributed by atoms with Crippen molar-refractivity contribution in [1.29, 1.82) is 0 Å². The molecule has 5 heteroatoms. The van der Waals surface area contributed by atoms with E-state index < -0.39 is 5.97 Å². The molecule has 1 N–H and O–H groups in total. The highest BCUT2D eigenvalue weighted by Gasteiger charge is 2.24. The van der Waals surface area contributed by atoms with Crippen LogP contribution in [-0.2, 0) is 4.79 Å². The van der Waals surface area contributed by atoms with Crippen molar-refractivity contribution in [3.8, 4) is 5.75 Å². The third-order valence-corrected chi connectivity index (χ3v) is 4.21. The molecule has 0 aliphatic carbocycles. The fraction of sp³-hybridized carbons (Fsp3) is 0.0588. The van der Waals surface area contributed by atoms with Gasteiger partial charge in [-0.3, -0.25) is 4.79 Å². The van der Waals surface area contributed by atoms with Crippen LogP contribution in [0, 0.1) is 0 Å². The Bertz CT molecular complexity index is 762. The second kappa shape index (κ2) is 6.07. The number of hydrogen-bond acceptors (Lipinski definition) is 4. The van der Waals surface area contributed by atoms with Gasteiger partial charge in [-0.1, -0.05) is 36.0 Å². The number of thioether (sulfide) groups is 1. The van der Waals surface area contributed by atoms with E-state index in [0.717, 1.165) is 16.0 Å². The lowest BCUT2D eigenvalue weighted by Crippen LogP contribution is -2.09. The Morgan fingerprint density at radius 1 is 1.14 bits per heavy atom. The van der Waals surface area contributed by atoms with E-state index in [4.69, 9.17) is 9.84 Å². The van der Waals surface area contributed by atoms with Crippen molar-refractivity contribution in [2.45, 2.75) is 4.90 Å². The van der Waals surface area contributed by atoms with Gasteiger partial charge in [0.15, 0.2) is 6.61 Å². The number of carboxylic acids is 1. The van der Waals surface area contributed by atoms with Crippen LogP contribution in [0.3, 0.4) is 0 Å². The molecule has 0 aromatic heterocycles. The highest BCUT2D eigenvalue weighted by atomic mass is 32.2. The average Bonchev–Trinajstić information content (AvgIpc) is 2.83. The molecule has 0 amide bonds. The molecule has 1 aliphatic heterocycles. The summed E-state index contributed by atoms with van der Waals surface area (Å²) >= 11 is 1.46. The van der Waals surface area contributed by atoms with E-state index in [9.17, 15) is 9.59 Å². The third-order valence-electron chi connectivity index (χ3n) is 3.12. The second-order valence-electron chi connectivity index (χ2n) is 4.69. The third kappa shape index (κ3) is 3.04. The highest BCUT2D eigenvalue weighted by Crippen LogP contribution is 2.40. The van der Waals surface area contributed by atoms with Crippen molar-refractivity contribution in [3.63, 3.8) is 0 Å². The van der Waals surface area contributed by atoms with Gasteiger partial charge in [-0.05, 0) is 35.9 Å². The van der Waals surface area contributed by atoms with E-state index in [2.05, 4.69) is 0 Å². The topological polar surface area (TPSA) is 63.6 Å². The zero-order valence-corrected chi connectivity index (χ0v) is 12.3. The number of aliphatic carboxylic acids is 1. The number of benzene rings is 2. The fourth-order valence-corrected chi connectivity index (χ4v) is 3.14. The average molecular weight is 312 g/mol. The van der Waals surface area contributed by atoms with Crippen LogP contribution >= 0.6 is 11.8 Å². The molecule has 0 atom stereocenters. The molecule has 4 nitrogen and oxygen atoms in total. The van der Waals surface area contributed by atoms with Crippen LogP contribution in [0.5, 0.6) is 5.75 Å². The smallest absolute Gasteiger partial charge is 0.341 e. The molecule has 110 valence electrons. The molecule has 1 heterocycles. The number of ether oxygens (including phenoxy) is 1. The quantitative estimate of drug-likeness (QED) is 0.876. The van der Waals surface area contributed by atoms with Gasteiger partial charge in [0, 0.05) is 10.5 Å². The van der Waals surface area contributed by atoms with Crippen LogP contribution in [0.15, 0.2) is 58.3 Å². The van der Waals surface area contributed by atoms with Crippen molar-refractivity contribution < 1.29 is 19.4 Å². The predicted molar refractivity (Wildman–Crippen MR) is 84.2 cm³/mol. The number of carbonyl (C=O) groups excluding carboxylic acids is 1. The van der Waals surface area contributed by atoms with Crippen LogP contribution in [-0.4, -0.2) is 23.5 Å². The Morgan fingerprint density at radius 2 is 1.86 bits per heavy atom. The van der Waals surface area contributed by atoms with Crippen LogP contribution < -0.4 is 4.74 Å². The predicted octanol–water partition coefficient (Wildman–Crippen LogP) is 3.48. The molecule has 3 rings (SSSR count). The number of hydrogen-bond donors (Lipinski definition) is 1. The number of rotatable bonds is 4. The van der Waals surface area contributed by atoms with Gasteiger partial charge in [-0.2, -0.15) is 0 Å². The minimum Gasteiger partial charge on any atom is -0.482 e. The number of carboxylic acid groups (broad SMARTS) is 1. The van der Waals surface area contributed by atoms with Gasteiger partial charge < -0.3 is 9.84 Å². The Balaban J connectivity index is 1.76. The van der Waals surface area contributed by atoms with Crippen molar-refractivity contribution >= 4 is 29.6 Å². The number of fused-ring (bicyclic) bond motifs is 1. The maximum absolute atomic E-state index is 12.3. The zero-order chi connectivity index (χ0) is 15.5. The molecule has 22 heavy (non-hydrogen) atoms. The minimum atomic E-state index is -1.02. The summed E-state index contributed by atoms with van der Waals surface area (Å²) in [5, 5.41) is 8.56. The largest absolute Gasteiger partial charge is 0.482 e. The Hall–Kier alpha value is -2.53. The summed E-state index contributed by atoms with van der Waals surface area (Å²) in [5.74, 6) is -0.498. The number of ketones is 1. The van der Waals surface area contributed by atoms with E-state index >= 15 is 0 Å². The van der Waals surface area contributed by atoms with E-state index in [1.54, 1.807) is 24.3 Å². The molecule has 0 saturated carbocycles. The van der Waals surface area contributed by atoms with Gasteiger partial charge in [0.25, 0.3) is 0 Å². The van der Waals surface area contributed by atoms with Crippen LogP contribution in [0.25, 0.3) is 6.08 Å². The van der Waals surface area contributed by atoms with Gasteiger partial charge in [0.1, 0.15) is 5.75 Å². The van der Waals surface area contributed by atoms with Crippen molar-refractivity contribution in [3.05, 3.63) is 64.6 Å². The van der Waals surface area contributed by atoms with Crippen molar-refractivity contribution in [2.75, 3.05) is 6.61 Å². The summed E-state index contributed by atoms with van der Waals surface area (Å²) in [6.45, 7) is -0.371. The van der Waals surface area contributed by atoms with Crippen LogP contribution in [0.4, 0.5) is 0 Å². The molecule has 0 radical (unpaired) electrons. The molecule has 0 fully saturated rings. The lowest BCUT2D eigenvalue weighted by Gasteiger charge is -2.03. The maximum atomic E-state index is 12.3. The van der Waals surface area contributed by atoms with Gasteiger partial charge in [0.2, 0.25) is 5.78 Å². The number of allylic oxidation sites excluding steroid dienone is 1. The summed E-state index contributed by atoms with van der Waals surface area (Å²) in [7, 11) is 0. The summed E-state index contributed by atoms with van der Waals surface area (Å²) < 4.78 is 5.07. The number of Topliss-reactive ketones (excluding diaryl/α,β-unsaturated/α-hetero) is 1. The van der Waals surface area contributed by atoms with Crippen molar-refractivity contribution in [1.82, 2.24) is 0 Å². The monoisotopic (exact) mass is 312 g/mol. The highest BCUT2D eigenvalue weighted by molar-refractivity contribution is 8.04. The van der Waals surface area contributed by atoms with Crippen molar-refractivity contribution in [2.24, 2.45) is 0 Å².